The van der Waals surface area contributed by atoms with Gasteiger partial charge in [-0.1, -0.05) is 30.3 Å². The second-order valence-corrected chi connectivity index (χ2v) is 5.39. The van der Waals surface area contributed by atoms with Crippen molar-refractivity contribution in [3.05, 3.63) is 35.9 Å². The molecule has 0 aliphatic carbocycles. The summed E-state index contributed by atoms with van der Waals surface area (Å²) in [5.74, 6) is -3.10. The fourth-order valence-corrected chi connectivity index (χ4v) is 2.58. The highest BCUT2D eigenvalue weighted by molar-refractivity contribution is 7.87. The number of benzene rings is 1. The first-order chi connectivity index (χ1) is 8.50. The molecule has 2 atom stereocenters. The molecule has 0 aromatic heterocycles. The quantitative estimate of drug-likeness (QED) is 0.768. The number of rotatable bonds is 7. The zero-order chi connectivity index (χ0) is 13.5. The van der Waals surface area contributed by atoms with Gasteiger partial charge in [0.2, 0.25) is 0 Å². The highest BCUT2D eigenvalue weighted by Crippen LogP contribution is 2.10. The van der Waals surface area contributed by atoms with Gasteiger partial charge in [0.1, 0.15) is 11.0 Å². The predicted molar refractivity (Wildman–Crippen MR) is 66.8 cm³/mol. The largest absolute Gasteiger partial charge is 0.481 e. The minimum atomic E-state index is -1.89. The fraction of sp³-hybridized carbons (Fsp3) is 0.333. The Labute approximate surface area is 107 Å². The average molecular weight is 270 g/mol. The molecule has 2 N–H and O–H groups in total. The monoisotopic (exact) mass is 270 g/mol. The second kappa shape index (κ2) is 6.90. The van der Waals surface area contributed by atoms with Crippen LogP contribution in [-0.4, -0.2) is 37.4 Å². The highest BCUT2D eigenvalue weighted by Gasteiger charge is 2.25. The molecule has 5 nitrogen and oxygen atoms in total. The molecule has 0 heterocycles. The zero-order valence-corrected chi connectivity index (χ0v) is 10.4. The minimum Gasteiger partial charge on any atom is -0.481 e. The van der Waals surface area contributed by atoms with E-state index in [-0.39, 0.29) is 6.42 Å². The molecular weight excluding hydrogens is 256 g/mol. The van der Waals surface area contributed by atoms with Crippen molar-refractivity contribution in [2.75, 3.05) is 5.75 Å². The Balaban J connectivity index is 2.61. The van der Waals surface area contributed by atoms with Gasteiger partial charge < -0.3 is 10.2 Å². The van der Waals surface area contributed by atoms with Crippen LogP contribution in [0.25, 0.3) is 0 Å². The van der Waals surface area contributed by atoms with E-state index in [9.17, 15) is 13.8 Å². The molecule has 0 amide bonds. The van der Waals surface area contributed by atoms with E-state index in [2.05, 4.69) is 0 Å². The van der Waals surface area contributed by atoms with Gasteiger partial charge >= 0.3 is 11.9 Å². The lowest BCUT2D eigenvalue weighted by molar-refractivity contribution is -0.136. The van der Waals surface area contributed by atoms with Crippen molar-refractivity contribution in [3.8, 4) is 0 Å². The maximum atomic E-state index is 11.6. The molecule has 0 fully saturated rings. The van der Waals surface area contributed by atoms with Crippen LogP contribution in [0.1, 0.15) is 12.0 Å². The predicted octanol–water partition coefficient (Wildman–Crippen LogP) is 0.906. The van der Waals surface area contributed by atoms with E-state index in [0.29, 0.717) is 6.42 Å². The van der Waals surface area contributed by atoms with E-state index in [1.807, 2.05) is 30.3 Å². The molecule has 1 rings (SSSR count). The molecule has 0 aliphatic heterocycles. The van der Waals surface area contributed by atoms with Gasteiger partial charge in [-0.25, -0.2) is 0 Å². The second-order valence-electron chi connectivity index (χ2n) is 3.77. The van der Waals surface area contributed by atoms with Crippen LogP contribution < -0.4 is 0 Å². The summed E-state index contributed by atoms with van der Waals surface area (Å²) in [4.78, 5) is 21.4. The zero-order valence-electron chi connectivity index (χ0n) is 9.61. The number of hydrogen-bond donors (Lipinski definition) is 2. The third kappa shape index (κ3) is 4.67. The van der Waals surface area contributed by atoms with Gasteiger partial charge in [-0.15, -0.1) is 0 Å². The molecule has 98 valence electrons. The molecular formula is C12H14O5S. The number of aryl methyl sites for hydroxylation is 1. The summed E-state index contributed by atoms with van der Waals surface area (Å²) < 4.78 is 11.6. The van der Waals surface area contributed by atoms with Crippen LogP contribution in [0.5, 0.6) is 0 Å². The van der Waals surface area contributed by atoms with E-state index < -0.39 is 33.7 Å². The van der Waals surface area contributed by atoms with Crippen LogP contribution in [0.15, 0.2) is 30.3 Å². The Bertz CT molecular complexity index is 443. The number of aliphatic carboxylic acids is 2. The number of carbonyl (C=O) groups is 2. The van der Waals surface area contributed by atoms with Crippen LogP contribution in [0.4, 0.5) is 0 Å². The lowest BCUT2D eigenvalue weighted by atomic mass is 10.1. The van der Waals surface area contributed by atoms with Crippen LogP contribution in [0.2, 0.25) is 0 Å². The number of carboxylic acids is 2. The molecule has 2 unspecified atom stereocenters. The van der Waals surface area contributed by atoms with E-state index in [4.69, 9.17) is 10.2 Å². The Morgan fingerprint density at radius 1 is 1.17 bits per heavy atom. The third-order valence-corrected chi connectivity index (χ3v) is 4.00. The van der Waals surface area contributed by atoms with Gasteiger partial charge in [0.15, 0.2) is 0 Å². The topological polar surface area (TPSA) is 91.7 Å². The lowest BCUT2D eigenvalue weighted by Gasteiger charge is -2.10. The molecule has 0 spiro atoms. The van der Waals surface area contributed by atoms with Crippen molar-refractivity contribution >= 4 is 22.7 Å². The van der Waals surface area contributed by atoms with Crippen LogP contribution in [0, 0.1) is 0 Å². The van der Waals surface area contributed by atoms with Gasteiger partial charge in [-0.3, -0.25) is 13.8 Å². The van der Waals surface area contributed by atoms with Gasteiger partial charge in [0.25, 0.3) is 0 Å². The Morgan fingerprint density at radius 3 is 2.28 bits per heavy atom. The summed E-state index contributed by atoms with van der Waals surface area (Å²) in [6, 6.07) is 9.21. The maximum absolute atomic E-state index is 11.6. The molecule has 1 aromatic rings. The molecule has 18 heavy (non-hydrogen) atoms. The Kier molecular flexibility index (Phi) is 5.51. The van der Waals surface area contributed by atoms with Gasteiger partial charge in [0.05, 0.1) is 0 Å². The van der Waals surface area contributed by atoms with Crippen LogP contribution in [0.3, 0.4) is 0 Å². The maximum Gasteiger partial charge on any atom is 0.319 e. The highest BCUT2D eigenvalue weighted by atomic mass is 32.2. The molecule has 0 saturated heterocycles. The first-order valence-electron chi connectivity index (χ1n) is 5.36. The summed E-state index contributed by atoms with van der Waals surface area (Å²) in [5.41, 5.74) is 0.941. The summed E-state index contributed by atoms with van der Waals surface area (Å²) >= 11 is 0. The summed E-state index contributed by atoms with van der Waals surface area (Å²) in [5, 5.41) is 16.3. The first kappa shape index (κ1) is 14.4. The van der Waals surface area contributed by atoms with E-state index in [1.165, 1.54) is 0 Å². The SMILES string of the molecule is O=C(O)CS(=O)C(CCc1ccccc1)C(=O)O. The van der Waals surface area contributed by atoms with Crippen molar-refractivity contribution < 1.29 is 24.0 Å². The van der Waals surface area contributed by atoms with E-state index >= 15 is 0 Å². The van der Waals surface area contributed by atoms with Crippen molar-refractivity contribution in [1.29, 1.82) is 0 Å². The van der Waals surface area contributed by atoms with Crippen molar-refractivity contribution in [2.45, 2.75) is 18.1 Å². The summed E-state index contributed by atoms with van der Waals surface area (Å²) in [6.45, 7) is 0. The van der Waals surface area contributed by atoms with Gasteiger partial charge in [-0.2, -0.15) is 0 Å². The van der Waals surface area contributed by atoms with E-state index in [0.717, 1.165) is 5.56 Å². The Hall–Kier alpha value is -1.69. The first-order valence-corrected chi connectivity index (χ1v) is 6.74. The minimum absolute atomic E-state index is 0.166. The lowest BCUT2D eigenvalue weighted by Crippen LogP contribution is -2.30. The molecule has 6 heteroatoms. The van der Waals surface area contributed by atoms with Crippen molar-refractivity contribution in [1.82, 2.24) is 0 Å². The van der Waals surface area contributed by atoms with Crippen LogP contribution >= 0.6 is 0 Å². The summed E-state index contributed by atoms with van der Waals surface area (Å²) in [6.07, 6.45) is 0.627. The average Bonchev–Trinajstić information content (AvgIpc) is 2.29. The molecule has 0 radical (unpaired) electrons. The molecule has 0 bridgehead atoms. The van der Waals surface area contributed by atoms with Crippen molar-refractivity contribution in [3.63, 3.8) is 0 Å². The normalized spacial score (nSPS) is 13.8. The molecule has 0 aliphatic rings. The smallest absolute Gasteiger partial charge is 0.319 e. The molecule has 0 saturated carbocycles. The fourth-order valence-electron chi connectivity index (χ4n) is 1.53. The number of carboxylic acid groups (broad SMARTS) is 2. The standard InChI is InChI=1S/C12H14O5S/c13-11(14)8-18(17)10(12(15)16)7-6-9-4-2-1-3-5-9/h1-5,10H,6-8H2,(H,13,14)(H,15,16). The van der Waals surface area contributed by atoms with Crippen molar-refractivity contribution in [2.24, 2.45) is 0 Å². The van der Waals surface area contributed by atoms with Crippen LogP contribution in [-0.2, 0) is 26.8 Å². The molecule has 1 aromatic carbocycles. The Morgan fingerprint density at radius 2 is 1.78 bits per heavy atom. The summed E-state index contributed by atoms with van der Waals surface area (Å²) in [7, 11) is -1.89. The third-order valence-electron chi connectivity index (χ3n) is 2.40. The number of hydrogen-bond acceptors (Lipinski definition) is 3. The van der Waals surface area contributed by atoms with Gasteiger partial charge in [-0.05, 0) is 18.4 Å². The van der Waals surface area contributed by atoms with E-state index in [1.54, 1.807) is 0 Å². The van der Waals surface area contributed by atoms with Gasteiger partial charge in [0, 0.05) is 10.8 Å².